The lowest BCUT2D eigenvalue weighted by Gasteiger charge is -2.38. The maximum absolute atomic E-state index is 13.2. The fourth-order valence-electron chi connectivity index (χ4n) is 3.08. The zero-order chi connectivity index (χ0) is 20.5. The number of rotatable bonds is 3. The minimum absolute atomic E-state index is 0.346. The van der Waals surface area contributed by atoms with Gasteiger partial charge in [-0.25, -0.2) is 5.01 Å². The van der Waals surface area contributed by atoms with Crippen LogP contribution >= 0.6 is 39.1 Å². The molecule has 0 radical (unpaired) electrons. The first-order valence-corrected chi connectivity index (χ1v) is 10.2. The van der Waals surface area contributed by atoms with E-state index in [2.05, 4.69) is 26.7 Å². The second kappa shape index (κ2) is 8.06. The Morgan fingerprint density at radius 3 is 2.48 bits per heavy atom. The van der Waals surface area contributed by atoms with Crippen LogP contribution in [0.1, 0.15) is 32.4 Å². The lowest BCUT2D eigenvalue weighted by Crippen LogP contribution is -2.52. The minimum Gasteiger partial charge on any atom is -0.359 e. The van der Waals surface area contributed by atoms with E-state index >= 15 is 0 Å². The highest BCUT2D eigenvalue weighted by atomic mass is 79.9. The molecule has 0 unspecified atom stereocenters. The third-order valence-electron chi connectivity index (χ3n) is 4.51. The van der Waals surface area contributed by atoms with Crippen molar-refractivity contribution in [3.8, 4) is 0 Å². The highest BCUT2D eigenvalue weighted by Crippen LogP contribution is 2.35. The van der Waals surface area contributed by atoms with Crippen LogP contribution in [-0.2, 0) is 0 Å². The summed E-state index contributed by atoms with van der Waals surface area (Å²) in [5.74, 6) is -0.761. The molecular weight excluding hydrogens is 477 g/mol. The van der Waals surface area contributed by atoms with Gasteiger partial charge in [0.15, 0.2) is 0 Å². The average molecular weight is 491 g/mol. The summed E-state index contributed by atoms with van der Waals surface area (Å²) in [4.78, 5) is 26.0. The molecule has 0 bridgehead atoms. The molecule has 0 aromatic heterocycles. The number of benzene rings is 3. The van der Waals surface area contributed by atoms with Crippen LogP contribution in [0.15, 0.2) is 71.2 Å². The molecule has 146 valence electrons. The van der Waals surface area contributed by atoms with Crippen molar-refractivity contribution in [2.45, 2.75) is 6.17 Å². The molecule has 4 rings (SSSR count). The van der Waals surface area contributed by atoms with E-state index in [4.69, 9.17) is 23.2 Å². The van der Waals surface area contributed by atoms with Gasteiger partial charge in [0.05, 0.1) is 5.56 Å². The SMILES string of the molecule is O=C(NN1C(=O)c2ccccc2N[C@@H]1c1ccc(Cl)cc1Cl)c1ccc(Br)cc1. The minimum atomic E-state index is -0.707. The number of hydrogen-bond acceptors (Lipinski definition) is 3. The highest BCUT2D eigenvalue weighted by Gasteiger charge is 2.35. The van der Waals surface area contributed by atoms with E-state index in [0.29, 0.717) is 32.4 Å². The summed E-state index contributed by atoms with van der Waals surface area (Å²) < 4.78 is 0.851. The number of para-hydroxylation sites is 1. The Kier molecular flexibility index (Phi) is 5.50. The molecule has 0 aliphatic carbocycles. The molecule has 5 nitrogen and oxygen atoms in total. The summed E-state index contributed by atoms with van der Waals surface area (Å²) in [6, 6.07) is 19.0. The number of nitrogens with one attached hydrogen (secondary N) is 2. The summed E-state index contributed by atoms with van der Waals surface area (Å²) >= 11 is 15.8. The predicted octanol–water partition coefficient (Wildman–Crippen LogP) is 5.67. The van der Waals surface area contributed by atoms with E-state index in [1.54, 1.807) is 60.7 Å². The number of amides is 2. The Labute approximate surface area is 185 Å². The second-order valence-corrected chi connectivity index (χ2v) is 8.14. The van der Waals surface area contributed by atoms with Crippen molar-refractivity contribution in [1.29, 1.82) is 0 Å². The monoisotopic (exact) mass is 489 g/mol. The molecule has 0 saturated carbocycles. The van der Waals surface area contributed by atoms with Crippen molar-refractivity contribution in [3.05, 3.63) is 97.9 Å². The molecule has 0 saturated heterocycles. The number of hydrogen-bond donors (Lipinski definition) is 2. The lowest BCUT2D eigenvalue weighted by molar-refractivity contribution is 0.0491. The van der Waals surface area contributed by atoms with Gasteiger partial charge in [0.25, 0.3) is 11.8 Å². The molecule has 2 amide bonds. The Bertz CT molecular complexity index is 1110. The highest BCUT2D eigenvalue weighted by molar-refractivity contribution is 9.10. The topological polar surface area (TPSA) is 61.4 Å². The zero-order valence-electron chi connectivity index (χ0n) is 14.8. The average Bonchev–Trinajstić information content (AvgIpc) is 2.71. The first-order chi connectivity index (χ1) is 13.9. The Balaban J connectivity index is 1.73. The normalized spacial score (nSPS) is 15.5. The van der Waals surface area contributed by atoms with Gasteiger partial charge in [0.1, 0.15) is 6.17 Å². The maximum Gasteiger partial charge on any atom is 0.276 e. The predicted molar refractivity (Wildman–Crippen MR) is 117 cm³/mol. The van der Waals surface area contributed by atoms with E-state index in [1.807, 2.05) is 6.07 Å². The lowest BCUT2D eigenvalue weighted by atomic mass is 10.0. The number of fused-ring (bicyclic) bond motifs is 1. The van der Waals surface area contributed by atoms with E-state index in [0.717, 1.165) is 4.47 Å². The van der Waals surface area contributed by atoms with Crippen molar-refractivity contribution < 1.29 is 9.59 Å². The van der Waals surface area contributed by atoms with Gasteiger partial charge in [-0.05, 0) is 48.5 Å². The van der Waals surface area contributed by atoms with Gasteiger partial charge in [-0.15, -0.1) is 0 Å². The maximum atomic E-state index is 13.2. The molecule has 29 heavy (non-hydrogen) atoms. The molecule has 1 atom stereocenters. The van der Waals surface area contributed by atoms with E-state index < -0.39 is 12.1 Å². The van der Waals surface area contributed by atoms with Gasteiger partial charge in [-0.3, -0.25) is 15.0 Å². The van der Waals surface area contributed by atoms with Crippen LogP contribution in [0, 0.1) is 0 Å². The number of anilines is 1. The summed E-state index contributed by atoms with van der Waals surface area (Å²) in [7, 11) is 0. The molecule has 0 fully saturated rings. The molecule has 8 heteroatoms. The van der Waals surface area contributed by atoms with Crippen LogP contribution in [-0.4, -0.2) is 16.8 Å². The van der Waals surface area contributed by atoms with Crippen LogP contribution in [0.3, 0.4) is 0 Å². The molecule has 2 N–H and O–H groups in total. The van der Waals surface area contributed by atoms with Gasteiger partial charge >= 0.3 is 0 Å². The Hall–Kier alpha value is -2.54. The van der Waals surface area contributed by atoms with Gasteiger partial charge in [-0.1, -0.05) is 57.3 Å². The first kappa shape index (κ1) is 19.8. The number of halogens is 3. The van der Waals surface area contributed by atoms with Crippen molar-refractivity contribution in [1.82, 2.24) is 10.4 Å². The van der Waals surface area contributed by atoms with E-state index in [9.17, 15) is 9.59 Å². The number of carbonyl (C=O) groups excluding carboxylic acids is 2. The summed E-state index contributed by atoms with van der Waals surface area (Å²) in [5.41, 5.74) is 4.84. The van der Waals surface area contributed by atoms with Crippen molar-refractivity contribution >= 4 is 56.6 Å². The third kappa shape index (κ3) is 3.96. The van der Waals surface area contributed by atoms with Crippen molar-refractivity contribution in [3.63, 3.8) is 0 Å². The molecule has 0 spiro atoms. The quantitative estimate of drug-likeness (QED) is 0.497. The fraction of sp³-hybridized carbons (Fsp3) is 0.0476. The summed E-state index contributed by atoms with van der Waals surface area (Å²) in [5, 5.41) is 5.39. The Morgan fingerprint density at radius 2 is 1.76 bits per heavy atom. The molecular formula is C21H14BrCl2N3O2. The van der Waals surface area contributed by atoms with Gasteiger partial charge in [0, 0.05) is 31.3 Å². The third-order valence-corrected chi connectivity index (χ3v) is 5.60. The van der Waals surface area contributed by atoms with E-state index in [-0.39, 0.29) is 5.91 Å². The van der Waals surface area contributed by atoms with E-state index in [1.165, 1.54) is 5.01 Å². The molecule has 3 aromatic carbocycles. The van der Waals surface area contributed by atoms with Crippen LogP contribution in [0.2, 0.25) is 10.0 Å². The van der Waals surface area contributed by atoms with Crippen LogP contribution in [0.25, 0.3) is 0 Å². The van der Waals surface area contributed by atoms with Gasteiger partial charge < -0.3 is 5.32 Å². The van der Waals surface area contributed by atoms with Gasteiger partial charge in [0.2, 0.25) is 0 Å². The molecule has 1 heterocycles. The largest absolute Gasteiger partial charge is 0.359 e. The summed E-state index contributed by atoms with van der Waals surface area (Å²) in [6.07, 6.45) is -0.707. The smallest absolute Gasteiger partial charge is 0.276 e. The van der Waals surface area contributed by atoms with Crippen LogP contribution < -0.4 is 10.7 Å². The molecule has 3 aromatic rings. The number of carbonyl (C=O) groups is 2. The van der Waals surface area contributed by atoms with Crippen molar-refractivity contribution in [2.24, 2.45) is 0 Å². The number of hydrazine groups is 1. The number of nitrogens with zero attached hydrogens (tertiary/aromatic N) is 1. The standard InChI is InChI=1S/C21H14BrCl2N3O2/c22-13-7-5-12(6-8-13)20(28)26-27-19(15-10-9-14(23)11-17(15)24)25-18-4-2-1-3-16(18)21(27)29/h1-11,19,25H,(H,26,28)/t19-/m0/s1. The Morgan fingerprint density at radius 1 is 1.03 bits per heavy atom. The fourth-order valence-corrected chi connectivity index (χ4v) is 3.86. The molecule has 1 aliphatic heterocycles. The van der Waals surface area contributed by atoms with Crippen LogP contribution in [0.4, 0.5) is 5.69 Å². The van der Waals surface area contributed by atoms with Gasteiger partial charge in [-0.2, -0.15) is 0 Å². The first-order valence-electron chi connectivity index (χ1n) is 8.64. The van der Waals surface area contributed by atoms with Crippen LogP contribution in [0.5, 0.6) is 0 Å². The zero-order valence-corrected chi connectivity index (χ0v) is 17.9. The second-order valence-electron chi connectivity index (χ2n) is 6.38. The van der Waals surface area contributed by atoms with Crippen molar-refractivity contribution in [2.75, 3.05) is 5.32 Å². The summed E-state index contributed by atoms with van der Waals surface area (Å²) in [6.45, 7) is 0. The molecule has 1 aliphatic rings.